The van der Waals surface area contributed by atoms with Gasteiger partial charge in [-0.15, -0.1) is 0 Å². The lowest BCUT2D eigenvalue weighted by atomic mass is 9.83. The summed E-state index contributed by atoms with van der Waals surface area (Å²) in [7, 11) is 0. The normalized spacial score (nSPS) is 13.6. The van der Waals surface area contributed by atoms with Crippen molar-refractivity contribution in [2.75, 3.05) is 0 Å². The van der Waals surface area contributed by atoms with Gasteiger partial charge in [0.15, 0.2) is 17.5 Å². The minimum atomic E-state index is 0.0976. The molecule has 0 bridgehead atoms. The number of hydrogen-bond acceptors (Lipinski definition) is 5. The molecule has 60 heavy (non-hydrogen) atoms. The Hall–Kier alpha value is -7.89. The number of benzene rings is 6. The SMILES string of the molecule is C1=C(c2ccccc2)C=C(c2nc(-c3ccccc3)nc(-c3cc(-c4ccccc4)cc(-c4ccc(-c5ccccn5)cc4)c3)n2)CC1c1ccc(-c2ccccn2)cc1. The minimum absolute atomic E-state index is 0.0976. The molecule has 0 fully saturated rings. The van der Waals surface area contributed by atoms with E-state index in [1.54, 1.807) is 0 Å². The van der Waals surface area contributed by atoms with Crippen LogP contribution in [0.4, 0.5) is 0 Å². The van der Waals surface area contributed by atoms with Crippen LogP contribution >= 0.6 is 0 Å². The zero-order valence-electron chi connectivity index (χ0n) is 32.8. The van der Waals surface area contributed by atoms with Crippen LogP contribution in [0.3, 0.4) is 0 Å². The number of nitrogens with zero attached hydrogens (tertiary/aromatic N) is 5. The number of hydrogen-bond donors (Lipinski definition) is 0. The average molecular weight is 770 g/mol. The molecule has 9 aromatic rings. The smallest absolute Gasteiger partial charge is 0.164 e. The first-order valence-corrected chi connectivity index (χ1v) is 20.2. The van der Waals surface area contributed by atoms with Crippen LogP contribution in [0.15, 0.2) is 219 Å². The Morgan fingerprint density at radius 2 is 0.800 bits per heavy atom. The average Bonchev–Trinajstić information content (AvgIpc) is 3.35. The predicted molar refractivity (Wildman–Crippen MR) is 244 cm³/mol. The molecule has 0 aliphatic heterocycles. The number of rotatable bonds is 9. The molecular weight excluding hydrogens is 731 g/mol. The van der Waals surface area contributed by atoms with Crippen LogP contribution in [-0.4, -0.2) is 24.9 Å². The van der Waals surface area contributed by atoms with E-state index in [1.807, 2.05) is 73.1 Å². The largest absolute Gasteiger partial charge is 0.256 e. The highest BCUT2D eigenvalue weighted by molar-refractivity contribution is 5.87. The first-order chi connectivity index (χ1) is 29.7. The third-order valence-electron chi connectivity index (χ3n) is 11.0. The third kappa shape index (κ3) is 7.85. The van der Waals surface area contributed by atoms with E-state index in [2.05, 4.69) is 156 Å². The van der Waals surface area contributed by atoms with Gasteiger partial charge in [-0.2, -0.15) is 0 Å². The van der Waals surface area contributed by atoms with Crippen LogP contribution in [0, 0.1) is 0 Å². The second-order valence-electron chi connectivity index (χ2n) is 14.9. The van der Waals surface area contributed by atoms with E-state index in [9.17, 15) is 0 Å². The molecule has 0 radical (unpaired) electrons. The van der Waals surface area contributed by atoms with Gasteiger partial charge in [-0.25, -0.2) is 15.0 Å². The Kier molecular flexibility index (Phi) is 10.0. The fourth-order valence-corrected chi connectivity index (χ4v) is 7.87. The molecule has 1 atom stereocenters. The van der Waals surface area contributed by atoms with Gasteiger partial charge in [-0.1, -0.05) is 158 Å². The molecule has 0 N–H and O–H groups in total. The Morgan fingerprint density at radius 1 is 0.350 bits per heavy atom. The van der Waals surface area contributed by atoms with Gasteiger partial charge in [0.25, 0.3) is 0 Å². The molecule has 3 aromatic heterocycles. The first-order valence-electron chi connectivity index (χ1n) is 20.2. The lowest BCUT2D eigenvalue weighted by Gasteiger charge is -2.23. The van der Waals surface area contributed by atoms with Crippen LogP contribution in [-0.2, 0) is 0 Å². The molecule has 1 aliphatic rings. The predicted octanol–water partition coefficient (Wildman–Crippen LogP) is 13.3. The number of aromatic nitrogens is 5. The van der Waals surface area contributed by atoms with E-state index in [-0.39, 0.29) is 5.92 Å². The summed E-state index contributed by atoms with van der Waals surface area (Å²) in [5.74, 6) is 2.02. The fraction of sp³-hybridized carbons (Fsp3) is 0.0364. The van der Waals surface area contributed by atoms with Gasteiger partial charge in [0.1, 0.15) is 0 Å². The maximum absolute atomic E-state index is 5.35. The second kappa shape index (κ2) is 16.5. The summed E-state index contributed by atoms with van der Waals surface area (Å²) in [6, 6.07) is 67.3. The van der Waals surface area contributed by atoms with Crippen molar-refractivity contribution in [2.24, 2.45) is 0 Å². The molecule has 0 spiro atoms. The number of allylic oxidation sites excluding steroid dienone is 4. The molecule has 10 rings (SSSR count). The van der Waals surface area contributed by atoms with Crippen molar-refractivity contribution in [3.63, 3.8) is 0 Å². The van der Waals surface area contributed by atoms with E-state index < -0.39 is 0 Å². The van der Waals surface area contributed by atoms with E-state index in [0.717, 1.165) is 79.0 Å². The van der Waals surface area contributed by atoms with Gasteiger partial charge >= 0.3 is 0 Å². The number of pyridine rings is 2. The topological polar surface area (TPSA) is 64.5 Å². The molecule has 5 heteroatoms. The van der Waals surface area contributed by atoms with Crippen LogP contribution in [0.25, 0.3) is 78.7 Å². The molecule has 284 valence electrons. The van der Waals surface area contributed by atoms with Crippen molar-refractivity contribution in [3.05, 3.63) is 236 Å². The van der Waals surface area contributed by atoms with E-state index >= 15 is 0 Å². The molecular formula is C55H39N5. The maximum Gasteiger partial charge on any atom is 0.164 e. The Labute approximate surface area is 350 Å². The van der Waals surface area contributed by atoms with Crippen molar-refractivity contribution < 1.29 is 0 Å². The summed E-state index contributed by atoms with van der Waals surface area (Å²) in [5.41, 5.74) is 14.8. The van der Waals surface area contributed by atoms with Crippen LogP contribution in [0.5, 0.6) is 0 Å². The van der Waals surface area contributed by atoms with Gasteiger partial charge in [0.05, 0.1) is 11.4 Å². The molecule has 5 nitrogen and oxygen atoms in total. The van der Waals surface area contributed by atoms with E-state index in [0.29, 0.717) is 17.5 Å². The summed E-state index contributed by atoms with van der Waals surface area (Å²) in [4.78, 5) is 24.9. The van der Waals surface area contributed by atoms with Gasteiger partial charge in [0, 0.05) is 40.6 Å². The van der Waals surface area contributed by atoms with Crippen LogP contribution in [0.1, 0.15) is 29.3 Å². The summed E-state index contributed by atoms with van der Waals surface area (Å²) in [6.07, 6.45) is 9.04. The Balaban J connectivity index is 1.10. The highest BCUT2D eigenvalue weighted by atomic mass is 15.0. The first kappa shape index (κ1) is 36.5. The highest BCUT2D eigenvalue weighted by Crippen LogP contribution is 2.40. The van der Waals surface area contributed by atoms with Crippen LogP contribution in [0.2, 0.25) is 0 Å². The van der Waals surface area contributed by atoms with E-state index in [4.69, 9.17) is 15.0 Å². The standard InChI is InChI=1S/C55H39N5/c1-4-14-38(15-5-1)45-32-47(40-22-26-42(27-23-40)51-20-10-12-30-56-51)36-49(34-45)54-58-53(44-18-8-3-9-19-44)59-55(60-54)50-35-46(39-16-6-2-7-17-39)33-48(37-50)41-24-28-43(29-25-41)52-21-11-13-31-57-52/h1-36,48H,37H2. The van der Waals surface area contributed by atoms with Crippen LogP contribution < -0.4 is 0 Å². The van der Waals surface area contributed by atoms with Gasteiger partial charge in [0.2, 0.25) is 0 Å². The summed E-state index contributed by atoms with van der Waals surface area (Å²) >= 11 is 0. The molecule has 0 amide bonds. The summed E-state index contributed by atoms with van der Waals surface area (Å²) in [6.45, 7) is 0. The van der Waals surface area contributed by atoms with E-state index in [1.165, 1.54) is 5.56 Å². The maximum atomic E-state index is 5.35. The molecule has 1 aliphatic carbocycles. The third-order valence-corrected chi connectivity index (χ3v) is 11.0. The summed E-state index contributed by atoms with van der Waals surface area (Å²) < 4.78 is 0. The zero-order valence-corrected chi connectivity index (χ0v) is 32.8. The Morgan fingerprint density at radius 3 is 1.37 bits per heavy atom. The lowest BCUT2D eigenvalue weighted by Crippen LogP contribution is -2.08. The van der Waals surface area contributed by atoms with Gasteiger partial charge < -0.3 is 0 Å². The van der Waals surface area contributed by atoms with Crippen molar-refractivity contribution in [2.45, 2.75) is 12.3 Å². The molecule has 1 unspecified atom stereocenters. The fourth-order valence-electron chi connectivity index (χ4n) is 7.87. The lowest BCUT2D eigenvalue weighted by molar-refractivity contribution is 0.856. The monoisotopic (exact) mass is 769 g/mol. The van der Waals surface area contributed by atoms with Crippen molar-refractivity contribution >= 4 is 11.1 Å². The molecule has 6 aromatic carbocycles. The van der Waals surface area contributed by atoms with Crippen molar-refractivity contribution in [1.29, 1.82) is 0 Å². The minimum Gasteiger partial charge on any atom is -0.256 e. The summed E-state index contributed by atoms with van der Waals surface area (Å²) in [5, 5.41) is 0. The van der Waals surface area contributed by atoms with Crippen molar-refractivity contribution in [3.8, 4) is 67.5 Å². The second-order valence-corrected chi connectivity index (χ2v) is 14.9. The van der Waals surface area contributed by atoms with Gasteiger partial charge in [-0.05, 0) is 99.5 Å². The molecule has 3 heterocycles. The molecule has 0 saturated carbocycles. The highest BCUT2D eigenvalue weighted by Gasteiger charge is 2.23. The van der Waals surface area contributed by atoms with Gasteiger partial charge in [-0.3, -0.25) is 9.97 Å². The molecule has 0 saturated heterocycles. The quantitative estimate of drug-likeness (QED) is 0.146. The Bertz CT molecular complexity index is 2950. The zero-order chi connectivity index (χ0) is 40.1. The van der Waals surface area contributed by atoms with Crippen molar-refractivity contribution in [1.82, 2.24) is 24.9 Å².